The second-order valence-corrected chi connectivity index (χ2v) is 4.72. The van der Waals surface area contributed by atoms with Crippen molar-refractivity contribution in [3.8, 4) is 5.88 Å². The maximum Gasteiger partial charge on any atom is 0.259 e. The number of nitrogens with one attached hydrogen (secondary N) is 1. The number of likely N-dealkylation sites (tertiary alicyclic amines) is 1. The highest BCUT2D eigenvalue weighted by Crippen LogP contribution is 2.21. The fourth-order valence-corrected chi connectivity index (χ4v) is 2.21. The minimum atomic E-state index is -0.0721. The van der Waals surface area contributed by atoms with E-state index in [9.17, 15) is 4.79 Å². The third-order valence-corrected chi connectivity index (χ3v) is 3.29. The lowest BCUT2D eigenvalue weighted by molar-refractivity contribution is 0.0620. The molecule has 1 aliphatic heterocycles. The minimum Gasteiger partial charge on any atom is -0.480 e. The summed E-state index contributed by atoms with van der Waals surface area (Å²) in [5.41, 5.74) is 0.484. The zero-order valence-electron chi connectivity index (χ0n) is 11.6. The Morgan fingerprint density at radius 2 is 2.14 bits per heavy atom. The van der Waals surface area contributed by atoms with Crippen LogP contribution in [0.1, 0.15) is 10.4 Å². The summed E-state index contributed by atoms with van der Waals surface area (Å²) in [5, 5.41) is 11.0. The fraction of sp³-hybridized carbons (Fsp3) is 0.286. The van der Waals surface area contributed by atoms with E-state index < -0.39 is 0 Å². The minimum absolute atomic E-state index is 0.0721. The molecule has 1 aliphatic rings. The molecule has 2 aromatic heterocycles. The van der Waals surface area contributed by atoms with Crippen LogP contribution in [0.3, 0.4) is 0 Å². The first-order valence-electron chi connectivity index (χ1n) is 6.60. The summed E-state index contributed by atoms with van der Waals surface area (Å²) in [6.07, 6.45) is 3.22. The number of hydrogen-bond donors (Lipinski definition) is 1. The highest BCUT2D eigenvalue weighted by molar-refractivity contribution is 5.97. The summed E-state index contributed by atoms with van der Waals surface area (Å²) < 4.78 is 5.12. The Morgan fingerprint density at radius 3 is 2.86 bits per heavy atom. The number of rotatable bonds is 4. The van der Waals surface area contributed by atoms with Crippen LogP contribution >= 0.6 is 0 Å². The van der Waals surface area contributed by atoms with Crippen molar-refractivity contribution in [1.82, 2.24) is 20.1 Å². The van der Waals surface area contributed by atoms with Gasteiger partial charge in [0.15, 0.2) is 0 Å². The van der Waals surface area contributed by atoms with Gasteiger partial charge in [0, 0.05) is 25.5 Å². The number of amides is 1. The van der Waals surface area contributed by atoms with Gasteiger partial charge in [-0.25, -0.2) is 4.98 Å². The van der Waals surface area contributed by atoms with Gasteiger partial charge in [-0.3, -0.25) is 4.79 Å². The standard InChI is InChI=1S/C14H15N5O2/c1-21-13-11(4-2-6-15-13)14(20)19-8-10(9-19)17-12-5-3-7-16-18-12/h2-7,10H,8-9H2,1H3,(H,17,18). The van der Waals surface area contributed by atoms with Crippen LogP contribution in [0.4, 0.5) is 5.82 Å². The van der Waals surface area contributed by atoms with Crippen molar-refractivity contribution in [2.24, 2.45) is 0 Å². The predicted molar refractivity (Wildman–Crippen MR) is 76.1 cm³/mol. The van der Waals surface area contributed by atoms with Crippen LogP contribution in [-0.2, 0) is 0 Å². The summed E-state index contributed by atoms with van der Waals surface area (Å²) in [5.74, 6) is 0.999. The van der Waals surface area contributed by atoms with E-state index in [-0.39, 0.29) is 11.9 Å². The third kappa shape index (κ3) is 2.76. The first-order valence-corrected chi connectivity index (χ1v) is 6.60. The largest absolute Gasteiger partial charge is 0.480 e. The molecular weight excluding hydrogens is 270 g/mol. The van der Waals surface area contributed by atoms with Gasteiger partial charge in [-0.1, -0.05) is 0 Å². The van der Waals surface area contributed by atoms with Crippen molar-refractivity contribution in [2.75, 3.05) is 25.5 Å². The fourth-order valence-electron chi connectivity index (χ4n) is 2.21. The van der Waals surface area contributed by atoms with E-state index in [1.807, 2.05) is 12.1 Å². The number of anilines is 1. The van der Waals surface area contributed by atoms with Gasteiger partial charge in [0.05, 0.1) is 13.2 Å². The summed E-state index contributed by atoms with van der Waals surface area (Å²) in [6, 6.07) is 7.30. The van der Waals surface area contributed by atoms with Crippen molar-refractivity contribution < 1.29 is 9.53 Å². The summed E-state index contributed by atoms with van der Waals surface area (Å²) in [7, 11) is 1.51. The first-order chi connectivity index (χ1) is 10.3. The lowest BCUT2D eigenvalue weighted by atomic mass is 10.1. The molecule has 7 nitrogen and oxygen atoms in total. The van der Waals surface area contributed by atoms with Crippen molar-refractivity contribution in [3.63, 3.8) is 0 Å². The van der Waals surface area contributed by atoms with Gasteiger partial charge in [0.25, 0.3) is 5.91 Å². The lowest BCUT2D eigenvalue weighted by Gasteiger charge is -2.39. The van der Waals surface area contributed by atoms with Crippen LogP contribution in [0.15, 0.2) is 36.7 Å². The van der Waals surface area contributed by atoms with Crippen LogP contribution in [0.2, 0.25) is 0 Å². The number of pyridine rings is 1. The lowest BCUT2D eigenvalue weighted by Crippen LogP contribution is -2.57. The van der Waals surface area contributed by atoms with Crippen LogP contribution < -0.4 is 10.1 Å². The highest BCUT2D eigenvalue weighted by atomic mass is 16.5. The maximum absolute atomic E-state index is 12.4. The normalized spacial score (nSPS) is 14.4. The molecule has 7 heteroatoms. The van der Waals surface area contributed by atoms with Crippen molar-refractivity contribution >= 4 is 11.7 Å². The Morgan fingerprint density at radius 1 is 1.33 bits per heavy atom. The van der Waals surface area contributed by atoms with Gasteiger partial charge in [0.1, 0.15) is 11.4 Å². The number of carbonyl (C=O) groups is 1. The molecule has 0 unspecified atom stereocenters. The van der Waals surface area contributed by atoms with Crippen molar-refractivity contribution in [2.45, 2.75) is 6.04 Å². The molecule has 1 amide bonds. The monoisotopic (exact) mass is 285 g/mol. The Kier molecular flexibility index (Phi) is 3.63. The van der Waals surface area contributed by atoms with Crippen molar-refractivity contribution in [3.05, 3.63) is 42.2 Å². The number of nitrogens with zero attached hydrogens (tertiary/aromatic N) is 4. The number of aromatic nitrogens is 3. The average molecular weight is 285 g/mol. The summed E-state index contributed by atoms with van der Waals surface area (Å²) in [4.78, 5) is 18.1. The van der Waals surface area contributed by atoms with Crippen LogP contribution in [-0.4, -0.2) is 52.2 Å². The van der Waals surface area contributed by atoms with E-state index in [1.165, 1.54) is 7.11 Å². The van der Waals surface area contributed by atoms with Gasteiger partial charge in [-0.2, -0.15) is 5.10 Å². The zero-order valence-corrected chi connectivity index (χ0v) is 11.6. The van der Waals surface area contributed by atoms with Crippen LogP contribution in [0, 0.1) is 0 Å². The quantitative estimate of drug-likeness (QED) is 0.895. The van der Waals surface area contributed by atoms with E-state index >= 15 is 0 Å². The van der Waals surface area contributed by atoms with Crippen molar-refractivity contribution in [1.29, 1.82) is 0 Å². The van der Waals surface area contributed by atoms with Gasteiger partial charge in [-0.15, -0.1) is 5.10 Å². The molecule has 21 heavy (non-hydrogen) atoms. The Balaban J connectivity index is 1.60. The SMILES string of the molecule is COc1ncccc1C(=O)N1CC(Nc2cccnn2)C1. The Bertz CT molecular complexity index is 628. The first kappa shape index (κ1) is 13.3. The molecular formula is C14H15N5O2. The molecule has 0 saturated carbocycles. The maximum atomic E-state index is 12.4. The highest BCUT2D eigenvalue weighted by Gasteiger charge is 2.32. The third-order valence-electron chi connectivity index (χ3n) is 3.29. The van der Waals surface area contributed by atoms with E-state index in [4.69, 9.17) is 4.74 Å². The molecule has 0 radical (unpaired) electrons. The number of methoxy groups -OCH3 is 1. The Hall–Kier alpha value is -2.70. The summed E-state index contributed by atoms with van der Waals surface area (Å²) in [6.45, 7) is 1.24. The molecule has 0 aliphatic carbocycles. The number of ether oxygens (including phenoxy) is 1. The smallest absolute Gasteiger partial charge is 0.259 e. The second kappa shape index (κ2) is 5.74. The number of hydrogen-bond acceptors (Lipinski definition) is 6. The molecule has 3 heterocycles. The molecule has 0 aromatic carbocycles. The molecule has 108 valence electrons. The van der Waals surface area contributed by atoms with Crippen LogP contribution in [0.5, 0.6) is 5.88 Å². The molecule has 0 atom stereocenters. The van der Waals surface area contributed by atoms with Gasteiger partial charge in [-0.05, 0) is 24.3 Å². The molecule has 2 aromatic rings. The van der Waals surface area contributed by atoms with E-state index in [0.717, 1.165) is 0 Å². The zero-order chi connectivity index (χ0) is 14.7. The molecule has 1 saturated heterocycles. The van der Waals surface area contributed by atoms with E-state index in [2.05, 4.69) is 20.5 Å². The molecule has 3 rings (SSSR count). The predicted octanol–water partition coefficient (Wildman–Crippen LogP) is 0.817. The number of carbonyl (C=O) groups excluding carboxylic acids is 1. The second-order valence-electron chi connectivity index (χ2n) is 4.72. The summed E-state index contributed by atoms with van der Waals surface area (Å²) >= 11 is 0. The van der Waals surface area contributed by atoms with Gasteiger partial charge < -0.3 is 15.0 Å². The van der Waals surface area contributed by atoms with E-state index in [1.54, 1.807) is 29.4 Å². The van der Waals surface area contributed by atoms with E-state index in [0.29, 0.717) is 30.4 Å². The Labute approximate surface area is 122 Å². The van der Waals surface area contributed by atoms with Crippen LogP contribution in [0.25, 0.3) is 0 Å². The van der Waals surface area contributed by atoms with Gasteiger partial charge >= 0.3 is 0 Å². The average Bonchev–Trinajstić information content (AvgIpc) is 2.51. The molecule has 0 spiro atoms. The molecule has 1 fully saturated rings. The molecule has 0 bridgehead atoms. The topological polar surface area (TPSA) is 80.2 Å². The molecule has 1 N–H and O–H groups in total. The van der Waals surface area contributed by atoms with Gasteiger partial charge in [0.2, 0.25) is 5.88 Å².